The zero-order valence-corrected chi connectivity index (χ0v) is 21.1. The SMILES string of the molecule is CC(C)CC(C=O)N(C)S(=O)(=O)c1cc(-c2cccc(C(=O)OC(C)(C)C)c2)c(Cl)cc1F. The summed E-state index contributed by atoms with van der Waals surface area (Å²) >= 11 is 6.24. The van der Waals surface area contributed by atoms with Crippen LogP contribution in [-0.2, 0) is 19.6 Å². The van der Waals surface area contributed by atoms with Crippen LogP contribution < -0.4 is 0 Å². The lowest BCUT2D eigenvalue weighted by Gasteiger charge is -2.25. The number of hydrogen-bond donors (Lipinski definition) is 0. The molecule has 0 N–H and O–H groups in total. The minimum absolute atomic E-state index is 0.0236. The number of carbonyl (C=O) groups excluding carboxylic acids is 2. The van der Waals surface area contributed by atoms with Crippen LogP contribution in [0.15, 0.2) is 41.3 Å². The highest BCUT2D eigenvalue weighted by molar-refractivity contribution is 7.89. The number of hydrogen-bond acceptors (Lipinski definition) is 5. The molecule has 1 atom stereocenters. The van der Waals surface area contributed by atoms with Crippen molar-refractivity contribution in [1.82, 2.24) is 4.31 Å². The van der Waals surface area contributed by atoms with Crippen LogP contribution >= 0.6 is 11.6 Å². The highest BCUT2D eigenvalue weighted by atomic mass is 35.5. The third-order valence-corrected chi connectivity index (χ3v) is 7.03. The molecule has 0 radical (unpaired) electrons. The van der Waals surface area contributed by atoms with Crippen LogP contribution in [0.5, 0.6) is 0 Å². The van der Waals surface area contributed by atoms with E-state index in [0.29, 0.717) is 18.3 Å². The summed E-state index contributed by atoms with van der Waals surface area (Å²) in [5, 5.41) is -0.0236. The lowest BCUT2D eigenvalue weighted by molar-refractivity contribution is -0.111. The molecule has 0 aliphatic carbocycles. The van der Waals surface area contributed by atoms with Crippen molar-refractivity contribution < 1.29 is 27.1 Å². The van der Waals surface area contributed by atoms with Gasteiger partial charge in [-0.3, -0.25) is 0 Å². The van der Waals surface area contributed by atoms with Gasteiger partial charge in [-0.25, -0.2) is 17.6 Å². The number of sulfonamides is 1. The van der Waals surface area contributed by atoms with Gasteiger partial charge in [0.15, 0.2) is 0 Å². The second-order valence-electron chi connectivity index (χ2n) is 9.20. The van der Waals surface area contributed by atoms with Gasteiger partial charge in [0.05, 0.1) is 16.6 Å². The Bertz CT molecular complexity index is 1140. The number of carbonyl (C=O) groups is 2. The van der Waals surface area contributed by atoms with Crippen molar-refractivity contribution in [2.75, 3.05) is 7.05 Å². The molecule has 0 bridgehead atoms. The number of nitrogens with zero attached hydrogens (tertiary/aromatic N) is 1. The largest absolute Gasteiger partial charge is 0.456 e. The molecule has 9 heteroatoms. The summed E-state index contributed by atoms with van der Waals surface area (Å²) in [7, 11) is -3.10. The summed E-state index contributed by atoms with van der Waals surface area (Å²) in [6.45, 7) is 8.94. The number of halogens is 2. The summed E-state index contributed by atoms with van der Waals surface area (Å²) in [6, 6.07) is 7.37. The Labute approximate surface area is 199 Å². The molecular weight excluding hydrogens is 469 g/mol. The van der Waals surface area contributed by atoms with Gasteiger partial charge in [0, 0.05) is 12.6 Å². The van der Waals surface area contributed by atoms with E-state index in [-0.39, 0.29) is 22.1 Å². The molecule has 6 nitrogen and oxygen atoms in total. The lowest BCUT2D eigenvalue weighted by atomic mass is 10.0. The van der Waals surface area contributed by atoms with Gasteiger partial charge in [0.1, 0.15) is 22.6 Å². The van der Waals surface area contributed by atoms with Crippen molar-refractivity contribution in [3.05, 3.63) is 52.8 Å². The van der Waals surface area contributed by atoms with Gasteiger partial charge in [0.2, 0.25) is 10.0 Å². The molecule has 0 saturated heterocycles. The maximum absolute atomic E-state index is 14.8. The van der Waals surface area contributed by atoms with Crippen molar-refractivity contribution in [3.8, 4) is 11.1 Å². The third-order valence-electron chi connectivity index (χ3n) is 4.82. The molecule has 0 aliphatic heterocycles. The van der Waals surface area contributed by atoms with Crippen LogP contribution in [0.25, 0.3) is 11.1 Å². The smallest absolute Gasteiger partial charge is 0.338 e. The first-order valence-electron chi connectivity index (χ1n) is 10.4. The highest BCUT2D eigenvalue weighted by Crippen LogP contribution is 2.34. The first kappa shape index (κ1) is 27.0. The molecule has 180 valence electrons. The molecule has 33 heavy (non-hydrogen) atoms. The lowest BCUT2D eigenvalue weighted by Crippen LogP contribution is -2.39. The van der Waals surface area contributed by atoms with Gasteiger partial charge >= 0.3 is 5.97 Å². The van der Waals surface area contributed by atoms with E-state index in [4.69, 9.17) is 16.3 Å². The van der Waals surface area contributed by atoms with Crippen molar-refractivity contribution >= 4 is 33.9 Å². The van der Waals surface area contributed by atoms with Crippen LogP contribution in [-0.4, -0.2) is 43.7 Å². The van der Waals surface area contributed by atoms with E-state index < -0.39 is 38.3 Å². The van der Waals surface area contributed by atoms with E-state index in [1.54, 1.807) is 39.0 Å². The van der Waals surface area contributed by atoms with Crippen LogP contribution in [0.3, 0.4) is 0 Å². The van der Waals surface area contributed by atoms with E-state index in [1.165, 1.54) is 13.1 Å². The van der Waals surface area contributed by atoms with Crippen molar-refractivity contribution in [2.24, 2.45) is 5.92 Å². The van der Waals surface area contributed by atoms with E-state index in [2.05, 4.69) is 0 Å². The number of rotatable bonds is 8. The zero-order valence-electron chi connectivity index (χ0n) is 19.6. The van der Waals surface area contributed by atoms with Crippen molar-refractivity contribution in [3.63, 3.8) is 0 Å². The zero-order chi connectivity index (χ0) is 25.1. The second-order valence-corrected chi connectivity index (χ2v) is 11.6. The fourth-order valence-electron chi connectivity index (χ4n) is 3.20. The molecule has 0 aliphatic rings. The van der Waals surface area contributed by atoms with Crippen LogP contribution in [0.4, 0.5) is 4.39 Å². The molecule has 0 amide bonds. The Morgan fingerprint density at radius 3 is 2.39 bits per heavy atom. The van der Waals surface area contributed by atoms with Gasteiger partial charge in [0.25, 0.3) is 0 Å². The quantitative estimate of drug-likeness (QED) is 0.363. The molecule has 2 aromatic rings. The van der Waals surface area contributed by atoms with Gasteiger partial charge in [-0.2, -0.15) is 4.31 Å². The number of ether oxygens (including phenoxy) is 1. The predicted molar refractivity (Wildman–Crippen MR) is 126 cm³/mol. The molecule has 2 rings (SSSR count). The summed E-state index contributed by atoms with van der Waals surface area (Å²) in [6.07, 6.45) is 0.829. The summed E-state index contributed by atoms with van der Waals surface area (Å²) in [4.78, 5) is 23.4. The first-order valence-corrected chi connectivity index (χ1v) is 12.3. The predicted octanol–water partition coefficient (Wildman–Crippen LogP) is 5.34. The molecule has 0 fully saturated rings. The van der Waals surface area contributed by atoms with Gasteiger partial charge in [-0.05, 0) is 62.9 Å². The average molecular weight is 498 g/mol. The molecule has 0 spiro atoms. The molecule has 0 saturated carbocycles. The Balaban J connectivity index is 2.55. The maximum Gasteiger partial charge on any atom is 0.338 e. The number of likely N-dealkylation sites (N-methyl/N-ethyl adjacent to an activating group) is 1. The van der Waals surface area contributed by atoms with E-state index in [1.807, 2.05) is 13.8 Å². The second kappa shape index (κ2) is 10.3. The van der Waals surface area contributed by atoms with Crippen LogP contribution in [0.1, 0.15) is 51.4 Å². The maximum atomic E-state index is 14.8. The molecule has 0 heterocycles. The van der Waals surface area contributed by atoms with Gasteiger partial charge < -0.3 is 9.53 Å². The Hall–Kier alpha value is -2.29. The van der Waals surface area contributed by atoms with Gasteiger partial charge in [-0.15, -0.1) is 0 Å². The Morgan fingerprint density at radius 2 is 1.85 bits per heavy atom. The highest BCUT2D eigenvalue weighted by Gasteiger charge is 2.31. The van der Waals surface area contributed by atoms with Crippen molar-refractivity contribution in [1.29, 1.82) is 0 Å². The average Bonchev–Trinajstić information content (AvgIpc) is 2.70. The molecule has 0 aromatic heterocycles. The summed E-state index contributed by atoms with van der Waals surface area (Å²) < 4.78 is 47.4. The Morgan fingerprint density at radius 1 is 1.21 bits per heavy atom. The molecule has 1 unspecified atom stereocenters. The van der Waals surface area contributed by atoms with Crippen LogP contribution in [0, 0.1) is 11.7 Å². The third kappa shape index (κ3) is 6.62. The fraction of sp³-hybridized carbons (Fsp3) is 0.417. The van der Waals surface area contributed by atoms with Crippen molar-refractivity contribution in [2.45, 2.75) is 57.6 Å². The topological polar surface area (TPSA) is 80.8 Å². The first-order chi connectivity index (χ1) is 15.2. The number of benzene rings is 2. The van der Waals surface area contributed by atoms with E-state index >= 15 is 0 Å². The minimum Gasteiger partial charge on any atom is -0.456 e. The van der Waals surface area contributed by atoms with E-state index in [0.717, 1.165) is 16.4 Å². The standard InChI is InChI=1S/C24H29ClFNO5S/c1-15(2)10-18(14-28)27(6)33(30,31)22-12-19(20(25)13-21(22)26)16-8-7-9-17(11-16)23(29)32-24(3,4)5/h7-9,11-15,18H,10H2,1-6H3. The van der Waals surface area contributed by atoms with E-state index in [9.17, 15) is 22.4 Å². The summed E-state index contributed by atoms with van der Waals surface area (Å²) in [5.41, 5.74) is 0.179. The van der Waals surface area contributed by atoms with Crippen LogP contribution in [0.2, 0.25) is 5.02 Å². The monoisotopic (exact) mass is 497 g/mol. The minimum atomic E-state index is -4.35. The normalized spacial score (nSPS) is 13.3. The Kier molecular flexibility index (Phi) is 8.43. The number of aldehydes is 1. The molecule has 2 aromatic carbocycles. The molecular formula is C24H29ClFNO5S. The van der Waals surface area contributed by atoms with Gasteiger partial charge in [-0.1, -0.05) is 37.6 Å². The fourth-order valence-corrected chi connectivity index (χ4v) is 4.84. The summed E-state index contributed by atoms with van der Waals surface area (Å²) in [5.74, 6) is -1.54. The number of esters is 1.